The number of nitrogens with zero attached hydrogens (tertiary/aromatic N) is 5. The molecule has 0 atom stereocenters. The maximum absolute atomic E-state index is 14.2. The third-order valence-electron chi connectivity index (χ3n) is 4.93. The number of nitrogens with two attached hydrogens (primary N) is 2. The zero-order valence-electron chi connectivity index (χ0n) is 17.2. The van der Waals surface area contributed by atoms with Crippen LogP contribution in [-0.4, -0.2) is 40.0 Å². The summed E-state index contributed by atoms with van der Waals surface area (Å²) in [5.74, 6) is -0.311. The molecule has 4 aromatic rings. The molecule has 1 amide bonds. The summed E-state index contributed by atoms with van der Waals surface area (Å²) in [4.78, 5) is 21.5. The van der Waals surface area contributed by atoms with E-state index in [-0.39, 0.29) is 35.5 Å². The summed E-state index contributed by atoms with van der Waals surface area (Å²) in [5.41, 5.74) is 14.0. The van der Waals surface area contributed by atoms with Crippen molar-refractivity contribution in [1.82, 2.24) is 19.7 Å². The molecule has 9 nitrogen and oxygen atoms in total. The molecule has 0 bridgehead atoms. The summed E-state index contributed by atoms with van der Waals surface area (Å²) >= 11 is 6.20. The van der Waals surface area contributed by atoms with Crippen LogP contribution in [0.4, 0.5) is 26.5 Å². The van der Waals surface area contributed by atoms with Crippen molar-refractivity contribution in [3.63, 3.8) is 0 Å². The number of aromatic nitrogens is 4. The van der Waals surface area contributed by atoms with Crippen molar-refractivity contribution in [2.45, 2.75) is 6.42 Å². The highest BCUT2D eigenvalue weighted by Crippen LogP contribution is 2.30. The summed E-state index contributed by atoms with van der Waals surface area (Å²) in [6, 6.07) is 11.6. The monoisotopic (exact) mass is 455 g/mol. The number of amides is 1. The second kappa shape index (κ2) is 8.31. The van der Waals surface area contributed by atoms with Crippen molar-refractivity contribution in [3.8, 4) is 5.95 Å². The van der Waals surface area contributed by atoms with Gasteiger partial charge in [0.15, 0.2) is 11.6 Å². The Hall–Kier alpha value is -3.92. The van der Waals surface area contributed by atoms with Crippen molar-refractivity contribution in [3.05, 3.63) is 64.6 Å². The predicted octanol–water partition coefficient (Wildman–Crippen LogP) is 3.57. The highest BCUT2D eigenvalue weighted by atomic mass is 35.5. The molecule has 0 radical (unpaired) electrons. The normalized spacial score (nSPS) is 11.0. The number of hydrogen-bond donors (Lipinski definition) is 2. The molecular weight excluding hydrogens is 437 g/mol. The van der Waals surface area contributed by atoms with Gasteiger partial charge in [-0.15, -0.1) is 0 Å². The number of nitrogen functional groups attached to an aromatic ring is 2. The number of fused-ring (bicyclic) bond motifs is 1. The first-order valence-electron chi connectivity index (χ1n) is 9.45. The molecule has 0 spiro atoms. The third kappa shape index (κ3) is 3.76. The van der Waals surface area contributed by atoms with E-state index in [0.717, 1.165) is 4.90 Å². The fraction of sp³-hybridized carbons (Fsp3) is 0.143. The van der Waals surface area contributed by atoms with Crippen LogP contribution in [0, 0.1) is 5.82 Å². The molecule has 0 saturated carbocycles. The van der Waals surface area contributed by atoms with Crippen LogP contribution in [-0.2, 0) is 11.2 Å². The van der Waals surface area contributed by atoms with Gasteiger partial charge in [-0.3, -0.25) is 4.90 Å². The van der Waals surface area contributed by atoms with Crippen LogP contribution < -0.4 is 16.4 Å². The highest BCUT2D eigenvalue weighted by Gasteiger charge is 2.22. The van der Waals surface area contributed by atoms with Crippen LogP contribution in [0.15, 0.2) is 42.5 Å². The molecule has 4 rings (SSSR count). The van der Waals surface area contributed by atoms with Crippen LogP contribution in [0.2, 0.25) is 5.02 Å². The van der Waals surface area contributed by atoms with Gasteiger partial charge < -0.3 is 16.2 Å². The Morgan fingerprint density at radius 3 is 2.53 bits per heavy atom. The third-order valence-corrected chi connectivity index (χ3v) is 5.17. The van der Waals surface area contributed by atoms with E-state index in [4.69, 9.17) is 23.1 Å². The van der Waals surface area contributed by atoms with Crippen LogP contribution in [0.1, 0.15) is 11.3 Å². The number of hydrogen-bond acceptors (Lipinski definition) is 7. The Morgan fingerprint density at radius 1 is 1.19 bits per heavy atom. The Bertz CT molecular complexity index is 1320. The van der Waals surface area contributed by atoms with E-state index in [1.807, 2.05) is 0 Å². The maximum atomic E-state index is 14.2. The molecule has 0 aliphatic rings. The summed E-state index contributed by atoms with van der Waals surface area (Å²) in [7, 11) is 2.67. The maximum Gasteiger partial charge on any atom is 0.413 e. The lowest BCUT2D eigenvalue weighted by Crippen LogP contribution is -2.28. The second-order valence-electron chi connectivity index (χ2n) is 6.96. The van der Waals surface area contributed by atoms with Crippen molar-refractivity contribution < 1.29 is 13.9 Å². The van der Waals surface area contributed by atoms with E-state index in [0.29, 0.717) is 27.2 Å². The minimum atomic E-state index is -0.675. The number of rotatable bonds is 4. The molecule has 32 heavy (non-hydrogen) atoms. The molecule has 0 aliphatic carbocycles. The van der Waals surface area contributed by atoms with E-state index in [9.17, 15) is 9.18 Å². The van der Waals surface area contributed by atoms with Crippen molar-refractivity contribution in [2.75, 3.05) is 30.5 Å². The van der Waals surface area contributed by atoms with E-state index in [2.05, 4.69) is 19.8 Å². The largest absolute Gasteiger partial charge is 0.452 e. The lowest BCUT2D eigenvalue weighted by Gasteiger charge is -2.18. The molecular formula is C21H19ClFN7O2. The number of carbonyl (C=O) groups is 1. The number of benzene rings is 2. The number of ether oxygens (including phenoxy) is 1. The fourth-order valence-electron chi connectivity index (χ4n) is 3.40. The van der Waals surface area contributed by atoms with Crippen molar-refractivity contribution >= 4 is 45.9 Å². The average Bonchev–Trinajstić information content (AvgIpc) is 3.11. The van der Waals surface area contributed by atoms with Gasteiger partial charge in [0.25, 0.3) is 5.95 Å². The predicted molar refractivity (Wildman–Crippen MR) is 121 cm³/mol. The molecule has 4 N–H and O–H groups in total. The van der Waals surface area contributed by atoms with Gasteiger partial charge in [-0.05, 0) is 29.8 Å². The van der Waals surface area contributed by atoms with Gasteiger partial charge in [0.1, 0.15) is 11.5 Å². The Labute approximate surface area is 187 Å². The Morgan fingerprint density at radius 2 is 1.88 bits per heavy atom. The molecule has 11 heteroatoms. The first kappa shape index (κ1) is 21.3. The molecule has 0 saturated heterocycles. The molecule has 0 fully saturated rings. The SMILES string of the molecule is COC(=O)N(C)c1c(N)nc(-n2nc(Cc3ccccc3F)c3cc(Cl)ccc32)nc1N. The first-order chi connectivity index (χ1) is 15.3. The zero-order valence-corrected chi connectivity index (χ0v) is 18.0. The molecule has 2 aromatic carbocycles. The molecule has 2 aromatic heterocycles. The minimum absolute atomic E-state index is 0.0336. The van der Waals surface area contributed by atoms with Gasteiger partial charge in [0.2, 0.25) is 0 Å². The number of carbonyl (C=O) groups excluding carboxylic acids is 1. The lowest BCUT2D eigenvalue weighted by molar-refractivity contribution is 0.180. The lowest BCUT2D eigenvalue weighted by atomic mass is 10.1. The average molecular weight is 456 g/mol. The topological polar surface area (TPSA) is 125 Å². The van der Waals surface area contributed by atoms with E-state index in [1.54, 1.807) is 36.4 Å². The second-order valence-corrected chi connectivity index (χ2v) is 7.40. The summed E-state index contributed by atoms with van der Waals surface area (Å²) in [6.07, 6.45) is -0.448. The standard InChI is InChI=1S/C21H19ClFN7O2/c1-29(21(31)32-2)17-18(24)26-20(27-19(17)25)30-16-8-7-12(22)10-13(16)15(28-30)9-11-5-3-4-6-14(11)23/h3-8,10H,9H2,1-2H3,(H4,24,25,26,27). The van der Waals surface area contributed by atoms with E-state index >= 15 is 0 Å². The zero-order chi connectivity index (χ0) is 23.0. The highest BCUT2D eigenvalue weighted by molar-refractivity contribution is 6.31. The van der Waals surface area contributed by atoms with Gasteiger partial charge in [-0.1, -0.05) is 29.8 Å². The minimum Gasteiger partial charge on any atom is -0.452 e. The van der Waals surface area contributed by atoms with E-state index in [1.165, 1.54) is 24.9 Å². The van der Waals surface area contributed by atoms with Crippen molar-refractivity contribution in [1.29, 1.82) is 0 Å². The van der Waals surface area contributed by atoms with Gasteiger partial charge in [0.05, 0.1) is 18.3 Å². The molecule has 0 unspecified atom stereocenters. The first-order valence-corrected chi connectivity index (χ1v) is 9.83. The molecule has 164 valence electrons. The van der Waals surface area contributed by atoms with Crippen molar-refractivity contribution in [2.24, 2.45) is 0 Å². The number of anilines is 3. The summed E-state index contributed by atoms with van der Waals surface area (Å²) in [6.45, 7) is 0. The summed E-state index contributed by atoms with van der Waals surface area (Å²) < 4.78 is 20.4. The van der Waals surface area contributed by atoms with Crippen LogP contribution >= 0.6 is 11.6 Å². The summed E-state index contributed by atoms with van der Waals surface area (Å²) in [5, 5.41) is 5.80. The number of halogens is 2. The Kier molecular flexibility index (Phi) is 5.54. The molecule has 0 aliphatic heterocycles. The quantitative estimate of drug-likeness (QED) is 0.481. The molecule has 2 heterocycles. The fourth-order valence-corrected chi connectivity index (χ4v) is 3.57. The Balaban J connectivity index is 1.85. The van der Waals surface area contributed by atoms with Gasteiger partial charge >= 0.3 is 6.09 Å². The number of methoxy groups -OCH3 is 1. The van der Waals surface area contributed by atoms with Crippen LogP contribution in [0.25, 0.3) is 16.9 Å². The van der Waals surface area contributed by atoms with Crippen LogP contribution in [0.5, 0.6) is 0 Å². The van der Waals surface area contributed by atoms with Crippen LogP contribution in [0.3, 0.4) is 0 Å². The van der Waals surface area contributed by atoms with Gasteiger partial charge in [-0.25, -0.2) is 9.18 Å². The van der Waals surface area contributed by atoms with Gasteiger partial charge in [-0.2, -0.15) is 19.7 Å². The van der Waals surface area contributed by atoms with E-state index < -0.39 is 6.09 Å². The van der Waals surface area contributed by atoms with Gasteiger partial charge in [0, 0.05) is 23.9 Å². The smallest absolute Gasteiger partial charge is 0.413 e.